The molecule has 1 fully saturated rings. The van der Waals surface area contributed by atoms with Crippen LogP contribution in [0.25, 0.3) is 5.52 Å². The minimum atomic E-state index is -0.153. The van der Waals surface area contributed by atoms with Crippen molar-refractivity contribution >= 4 is 33.3 Å². The third-order valence-corrected chi connectivity index (χ3v) is 3.85. The molecule has 6 nitrogen and oxygen atoms in total. The minimum absolute atomic E-state index is 0.0252. The Morgan fingerprint density at radius 1 is 1.50 bits per heavy atom. The molecule has 0 spiro atoms. The first kappa shape index (κ1) is 13.1. The van der Waals surface area contributed by atoms with E-state index in [9.17, 15) is 9.59 Å². The predicted octanol–water partition coefficient (Wildman–Crippen LogP) is 1.06. The van der Waals surface area contributed by atoms with E-state index in [0.29, 0.717) is 12.1 Å². The number of fused-ring (bicyclic) bond motifs is 1. The van der Waals surface area contributed by atoms with E-state index in [0.717, 1.165) is 9.99 Å². The van der Waals surface area contributed by atoms with Crippen molar-refractivity contribution in [2.45, 2.75) is 13.0 Å². The van der Waals surface area contributed by atoms with Gasteiger partial charge in [-0.2, -0.15) is 5.10 Å². The molecule has 2 aromatic rings. The average molecular weight is 337 g/mol. The highest BCUT2D eigenvalue weighted by atomic mass is 79.9. The fourth-order valence-corrected chi connectivity index (χ4v) is 2.76. The molecule has 2 amide bonds. The highest BCUT2D eigenvalue weighted by Gasteiger charge is 2.26. The molecule has 0 radical (unpaired) electrons. The number of hydrogen-bond donors (Lipinski definition) is 1. The maximum atomic E-state index is 12.4. The number of aromatic nitrogens is 2. The molecule has 1 unspecified atom stereocenters. The normalized spacial score (nSPS) is 19.2. The van der Waals surface area contributed by atoms with Crippen molar-refractivity contribution < 1.29 is 9.59 Å². The second-order valence-corrected chi connectivity index (χ2v) is 5.75. The van der Waals surface area contributed by atoms with Crippen molar-refractivity contribution in [3.8, 4) is 0 Å². The first-order chi connectivity index (χ1) is 9.54. The van der Waals surface area contributed by atoms with E-state index in [4.69, 9.17) is 0 Å². The average Bonchev–Trinajstić information content (AvgIpc) is 2.78. The molecule has 104 valence electrons. The number of halogens is 1. The zero-order valence-corrected chi connectivity index (χ0v) is 12.4. The molecule has 2 aromatic heterocycles. The van der Waals surface area contributed by atoms with Gasteiger partial charge in [0, 0.05) is 18.8 Å². The van der Waals surface area contributed by atoms with Crippen LogP contribution in [0.2, 0.25) is 0 Å². The van der Waals surface area contributed by atoms with Crippen LogP contribution in [0, 0.1) is 0 Å². The molecule has 3 heterocycles. The lowest BCUT2D eigenvalue weighted by Crippen LogP contribution is -2.54. The van der Waals surface area contributed by atoms with Crippen LogP contribution in [-0.4, -0.2) is 45.5 Å². The molecule has 1 saturated heterocycles. The summed E-state index contributed by atoms with van der Waals surface area (Å²) in [4.78, 5) is 25.5. The molecule has 1 N–H and O–H groups in total. The topological polar surface area (TPSA) is 66.7 Å². The maximum absolute atomic E-state index is 12.4. The summed E-state index contributed by atoms with van der Waals surface area (Å²) in [6.07, 6.45) is 3.36. The van der Waals surface area contributed by atoms with Crippen LogP contribution >= 0.6 is 15.9 Å². The van der Waals surface area contributed by atoms with Gasteiger partial charge in [0.1, 0.15) is 0 Å². The summed E-state index contributed by atoms with van der Waals surface area (Å²) in [6.45, 7) is 2.50. The quantitative estimate of drug-likeness (QED) is 0.846. The zero-order chi connectivity index (χ0) is 14.3. The van der Waals surface area contributed by atoms with Crippen LogP contribution in [0.4, 0.5) is 0 Å². The lowest BCUT2D eigenvalue weighted by atomic mass is 10.2. The van der Waals surface area contributed by atoms with Crippen molar-refractivity contribution in [1.82, 2.24) is 19.8 Å². The van der Waals surface area contributed by atoms with E-state index in [2.05, 4.69) is 26.3 Å². The summed E-state index contributed by atoms with van der Waals surface area (Å²) in [5, 5.41) is 6.95. The van der Waals surface area contributed by atoms with Crippen molar-refractivity contribution in [3.63, 3.8) is 0 Å². The van der Waals surface area contributed by atoms with Gasteiger partial charge in [0.05, 0.1) is 28.3 Å². The van der Waals surface area contributed by atoms with E-state index in [1.54, 1.807) is 27.9 Å². The van der Waals surface area contributed by atoms with Crippen LogP contribution in [0.5, 0.6) is 0 Å². The standard InChI is InChI=1S/C13H13BrN4O2/c1-8-5-17(7-12(19)16-8)13(20)9-2-3-11-10(14)4-15-18(11)6-9/h2-4,6,8H,5,7H2,1H3,(H,16,19). The Balaban J connectivity index is 1.90. The van der Waals surface area contributed by atoms with Crippen LogP contribution < -0.4 is 5.32 Å². The Hall–Kier alpha value is -1.89. The lowest BCUT2D eigenvalue weighted by Gasteiger charge is -2.31. The van der Waals surface area contributed by atoms with Crippen molar-refractivity contribution in [2.24, 2.45) is 0 Å². The number of nitrogens with zero attached hydrogens (tertiary/aromatic N) is 3. The second-order valence-electron chi connectivity index (χ2n) is 4.89. The number of carbonyl (C=O) groups excluding carboxylic acids is 2. The lowest BCUT2D eigenvalue weighted by molar-refractivity contribution is -0.124. The van der Waals surface area contributed by atoms with Gasteiger partial charge in [-0.05, 0) is 35.0 Å². The summed E-state index contributed by atoms with van der Waals surface area (Å²) in [5.74, 6) is -0.278. The van der Waals surface area contributed by atoms with Crippen molar-refractivity contribution in [3.05, 3.63) is 34.6 Å². The summed E-state index contributed by atoms with van der Waals surface area (Å²) >= 11 is 3.39. The Labute approximate surface area is 123 Å². The first-order valence-corrected chi connectivity index (χ1v) is 7.05. The summed E-state index contributed by atoms with van der Waals surface area (Å²) in [5.41, 5.74) is 1.42. The van der Waals surface area contributed by atoms with Gasteiger partial charge < -0.3 is 10.2 Å². The molecule has 7 heteroatoms. The highest BCUT2D eigenvalue weighted by molar-refractivity contribution is 9.10. The third-order valence-electron chi connectivity index (χ3n) is 3.24. The van der Waals surface area contributed by atoms with E-state index in [-0.39, 0.29) is 24.4 Å². The van der Waals surface area contributed by atoms with Crippen LogP contribution in [0.1, 0.15) is 17.3 Å². The van der Waals surface area contributed by atoms with Crippen molar-refractivity contribution in [2.75, 3.05) is 13.1 Å². The molecular weight excluding hydrogens is 324 g/mol. The van der Waals surface area contributed by atoms with Gasteiger partial charge in [0.15, 0.2) is 0 Å². The van der Waals surface area contributed by atoms with E-state index in [1.165, 1.54) is 0 Å². The fourth-order valence-electron chi connectivity index (χ4n) is 2.35. The monoisotopic (exact) mass is 336 g/mol. The first-order valence-electron chi connectivity index (χ1n) is 6.26. The van der Waals surface area contributed by atoms with Gasteiger partial charge in [-0.1, -0.05) is 0 Å². The molecule has 1 aliphatic rings. The van der Waals surface area contributed by atoms with E-state index >= 15 is 0 Å². The third kappa shape index (κ3) is 2.29. The zero-order valence-electron chi connectivity index (χ0n) is 10.8. The van der Waals surface area contributed by atoms with Gasteiger partial charge in [-0.25, -0.2) is 4.52 Å². The van der Waals surface area contributed by atoms with Crippen molar-refractivity contribution in [1.29, 1.82) is 0 Å². The van der Waals surface area contributed by atoms with E-state index in [1.807, 2.05) is 13.0 Å². The predicted molar refractivity (Wildman–Crippen MR) is 76.4 cm³/mol. The number of nitrogens with one attached hydrogen (secondary N) is 1. The molecule has 3 rings (SSSR count). The summed E-state index contributed by atoms with van der Waals surface area (Å²) in [6, 6.07) is 3.56. The number of hydrogen-bond acceptors (Lipinski definition) is 3. The van der Waals surface area contributed by atoms with Gasteiger partial charge in [-0.3, -0.25) is 9.59 Å². The fraction of sp³-hybridized carbons (Fsp3) is 0.308. The molecule has 1 atom stereocenters. The Bertz CT molecular complexity index is 697. The molecule has 0 saturated carbocycles. The van der Waals surface area contributed by atoms with Gasteiger partial charge in [-0.15, -0.1) is 0 Å². The SMILES string of the molecule is CC1CN(C(=O)c2ccc3c(Br)cnn3c2)CC(=O)N1. The van der Waals surface area contributed by atoms with Gasteiger partial charge in [0.2, 0.25) is 5.91 Å². The summed E-state index contributed by atoms with van der Waals surface area (Å²) in [7, 11) is 0. The Morgan fingerprint density at radius 2 is 2.30 bits per heavy atom. The van der Waals surface area contributed by atoms with Crippen LogP contribution in [-0.2, 0) is 4.79 Å². The van der Waals surface area contributed by atoms with Gasteiger partial charge in [0.25, 0.3) is 5.91 Å². The molecule has 20 heavy (non-hydrogen) atoms. The largest absolute Gasteiger partial charge is 0.350 e. The molecule has 0 bridgehead atoms. The molecule has 0 aromatic carbocycles. The Morgan fingerprint density at radius 3 is 3.05 bits per heavy atom. The number of pyridine rings is 1. The van der Waals surface area contributed by atoms with Crippen LogP contribution in [0.3, 0.4) is 0 Å². The molecule has 0 aliphatic carbocycles. The number of rotatable bonds is 1. The minimum Gasteiger partial charge on any atom is -0.350 e. The summed E-state index contributed by atoms with van der Waals surface area (Å²) < 4.78 is 2.52. The van der Waals surface area contributed by atoms with E-state index < -0.39 is 0 Å². The number of piperazine rings is 1. The maximum Gasteiger partial charge on any atom is 0.255 e. The molecular formula is C13H13BrN4O2. The van der Waals surface area contributed by atoms with Gasteiger partial charge >= 0.3 is 0 Å². The number of amides is 2. The smallest absolute Gasteiger partial charge is 0.255 e. The second kappa shape index (κ2) is 4.90. The molecule has 1 aliphatic heterocycles. The van der Waals surface area contributed by atoms with Crippen LogP contribution in [0.15, 0.2) is 29.0 Å². The highest BCUT2D eigenvalue weighted by Crippen LogP contribution is 2.18. The number of carbonyl (C=O) groups is 2. The Kier molecular flexibility index (Phi) is 3.21.